The molecule has 3 heterocycles. The molecule has 0 bridgehead atoms. The Balaban J connectivity index is 1.55. The van der Waals surface area contributed by atoms with Crippen LogP contribution in [0.25, 0.3) is 10.7 Å². The first-order valence-corrected chi connectivity index (χ1v) is 10.0. The molecular formula is C19H17N5O3S2. The number of aromatic amines is 1. The monoisotopic (exact) mass is 427 g/mol. The van der Waals surface area contributed by atoms with Crippen LogP contribution in [0.5, 0.6) is 0 Å². The lowest BCUT2D eigenvalue weighted by Gasteiger charge is -2.23. The first-order valence-electron chi connectivity index (χ1n) is 8.81. The smallest absolute Gasteiger partial charge is 0.339 e. The molecule has 2 N–H and O–H groups in total. The van der Waals surface area contributed by atoms with E-state index >= 15 is 0 Å². The van der Waals surface area contributed by atoms with Crippen molar-refractivity contribution in [1.29, 1.82) is 0 Å². The van der Waals surface area contributed by atoms with Gasteiger partial charge in [-0.1, -0.05) is 35.6 Å². The summed E-state index contributed by atoms with van der Waals surface area (Å²) in [4.78, 5) is 30.0. The number of carbonyl (C=O) groups is 2. The molecule has 0 saturated carbocycles. The fourth-order valence-electron chi connectivity index (χ4n) is 3.11. The fourth-order valence-corrected chi connectivity index (χ4v) is 4.29. The largest absolute Gasteiger partial charge is 0.448 e. The number of cyclic esters (lactones) is 1. The number of H-pyrrole nitrogens is 1. The van der Waals surface area contributed by atoms with E-state index in [1.807, 2.05) is 19.1 Å². The predicted molar refractivity (Wildman–Crippen MR) is 111 cm³/mol. The Morgan fingerprint density at radius 1 is 1.52 bits per heavy atom. The number of aryl methyl sites for hydroxylation is 1. The maximum Gasteiger partial charge on any atom is 0.339 e. The van der Waals surface area contributed by atoms with Gasteiger partial charge in [0.15, 0.2) is 21.8 Å². The van der Waals surface area contributed by atoms with E-state index in [9.17, 15) is 9.59 Å². The molecule has 0 fully saturated rings. The first kappa shape index (κ1) is 19.2. The van der Waals surface area contributed by atoms with Crippen molar-refractivity contribution in [3.63, 3.8) is 0 Å². The Labute approximate surface area is 175 Å². The molecule has 0 saturated heterocycles. The van der Waals surface area contributed by atoms with Gasteiger partial charge in [0, 0.05) is 13.0 Å². The molecule has 0 aliphatic carbocycles. The van der Waals surface area contributed by atoms with Crippen LogP contribution < -0.4 is 5.32 Å². The van der Waals surface area contributed by atoms with Crippen molar-refractivity contribution in [1.82, 2.24) is 19.7 Å². The Morgan fingerprint density at radius 3 is 3.10 bits per heavy atom. The van der Waals surface area contributed by atoms with E-state index in [1.54, 1.807) is 22.8 Å². The van der Waals surface area contributed by atoms with E-state index in [1.165, 1.54) is 11.3 Å². The molecule has 148 valence electrons. The number of hydrogen-bond donors (Lipinski definition) is 2. The number of allylic oxidation sites excluding steroid dienone is 1. The van der Waals surface area contributed by atoms with Crippen LogP contribution >= 0.6 is 23.6 Å². The van der Waals surface area contributed by atoms with Crippen molar-refractivity contribution < 1.29 is 14.3 Å². The van der Waals surface area contributed by atoms with E-state index in [-0.39, 0.29) is 0 Å². The average molecular weight is 428 g/mol. The number of aromatic nitrogens is 4. The molecule has 10 heteroatoms. The molecule has 4 rings (SSSR count). The fraction of sp³-hybridized carbons (Fsp3) is 0.211. The minimum absolute atomic E-state index is 0.322. The van der Waals surface area contributed by atoms with E-state index in [0.717, 1.165) is 10.4 Å². The highest BCUT2D eigenvalue weighted by molar-refractivity contribution is 7.71. The number of amides is 1. The van der Waals surface area contributed by atoms with Gasteiger partial charge in [0.2, 0.25) is 0 Å². The van der Waals surface area contributed by atoms with Gasteiger partial charge < -0.3 is 4.74 Å². The third-order valence-corrected chi connectivity index (χ3v) is 5.86. The molecule has 8 nitrogen and oxygen atoms in total. The second-order valence-corrected chi connectivity index (χ2v) is 7.82. The van der Waals surface area contributed by atoms with Gasteiger partial charge in [0.05, 0.1) is 16.1 Å². The highest BCUT2D eigenvalue weighted by Gasteiger charge is 2.31. The van der Waals surface area contributed by atoms with Gasteiger partial charge in [-0.15, -0.1) is 6.58 Å². The first-order chi connectivity index (χ1) is 14.0. The van der Waals surface area contributed by atoms with E-state index < -0.39 is 18.0 Å². The lowest BCUT2D eigenvalue weighted by molar-refractivity contribution is -0.125. The number of rotatable bonds is 5. The van der Waals surface area contributed by atoms with Crippen LogP contribution in [0.1, 0.15) is 21.6 Å². The normalized spacial score (nSPS) is 15.5. The highest BCUT2D eigenvalue weighted by atomic mass is 32.1. The standard InChI is InChI=1S/C19H17N5O3S2/c1-3-8-24-15(22-23-19(24)28)14-10(2)20-18(29-14)21-16(25)13-9-11-6-4-5-7-12(11)17(26)27-13/h3-7,13H,1,8-9H2,2H3,(H,23,28)(H,20,21,25)/t13-/m0/s1. The van der Waals surface area contributed by atoms with E-state index in [0.29, 0.717) is 39.9 Å². The van der Waals surface area contributed by atoms with Crippen molar-refractivity contribution in [2.45, 2.75) is 26.0 Å². The molecular weight excluding hydrogens is 410 g/mol. The number of esters is 1. The Kier molecular flexibility index (Phi) is 5.12. The molecule has 0 radical (unpaired) electrons. The van der Waals surface area contributed by atoms with Crippen molar-refractivity contribution in [3.05, 3.63) is 58.5 Å². The zero-order valence-corrected chi connectivity index (χ0v) is 17.1. The van der Waals surface area contributed by atoms with Crippen molar-refractivity contribution in [2.75, 3.05) is 5.32 Å². The molecule has 1 amide bonds. The van der Waals surface area contributed by atoms with Gasteiger partial charge in [0.1, 0.15) is 0 Å². The van der Waals surface area contributed by atoms with Crippen LogP contribution in [0.15, 0.2) is 36.9 Å². The maximum atomic E-state index is 12.7. The summed E-state index contributed by atoms with van der Waals surface area (Å²) in [5.74, 6) is -0.287. The summed E-state index contributed by atoms with van der Waals surface area (Å²) in [5, 5.41) is 10.2. The molecule has 29 heavy (non-hydrogen) atoms. The zero-order chi connectivity index (χ0) is 20.5. The van der Waals surface area contributed by atoms with Crippen LogP contribution in [0.2, 0.25) is 0 Å². The number of nitrogens with one attached hydrogen (secondary N) is 2. The van der Waals surface area contributed by atoms with Crippen molar-refractivity contribution >= 4 is 40.6 Å². The Morgan fingerprint density at radius 2 is 2.31 bits per heavy atom. The number of benzene rings is 1. The minimum Gasteiger partial charge on any atom is -0.448 e. The number of carbonyl (C=O) groups excluding carboxylic acids is 2. The summed E-state index contributed by atoms with van der Waals surface area (Å²) in [6.45, 7) is 6.06. The average Bonchev–Trinajstić information content (AvgIpc) is 3.24. The second-order valence-electron chi connectivity index (χ2n) is 6.43. The van der Waals surface area contributed by atoms with Gasteiger partial charge in [0.25, 0.3) is 5.91 Å². The summed E-state index contributed by atoms with van der Waals surface area (Å²) in [7, 11) is 0. The third-order valence-electron chi connectivity index (χ3n) is 4.48. The van der Waals surface area contributed by atoms with Crippen LogP contribution in [-0.4, -0.2) is 37.7 Å². The summed E-state index contributed by atoms with van der Waals surface area (Å²) >= 11 is 6.53. The number of fused-ring (bicyclic) bond motifs is 1. The van der Waals surface area contributed by atoms with Gasteiger partial charge in [-0.05, 0) is 30.8 Å². The molecule has 1 atom stereocenters. The van der Waals surface area contributed by atoms with Gasteiger partial charge in [-0.2, -0.15) is 5.10 Å². The molecule has 0 unspecified atom stereocenters. The van der Waals surface area contributed by atoms with Crippen LogP contribution in [0, 0.1) is 11.7 Å². The lowest BCUT2D eigenvalue weighted by atomic mass is 9.98. The number of ether oxygens (including phenoxy) is 1. The third kappa shape index (κ3) is 3.64. The van der Waals surface area contributed by atoms with E-state index in [4.69, 9.17) is 17.0 Å². The maximum absolute atomic E-state index is 12.7. The summed E-state index contributed by atoms with van der Waals surface area (Å²) < 4.78 is 7.58. The van der Waals surface area contributed by atoms with Gasteiger partial charge in [-0.3, -0.25) is 19.8 Å². The van der Waals surface area contributed by atoms with E-state index in [2.05, 4.69) is 27.1 Å². The predicted octanol–water partition coefficient (Wildman–Crippen LogP) is 3.28. The van der Waals surface area contributed by atoms with Crippen molar-refractivity contribution in [3.8, 4) is 10.7 Å². The number of hydrogen-bond acceptors (Lipinski definition) is 7. The molecule has 1 aromatic carbocycles. The summed E-state index contributed by atoms with van der Waals surface area (Å²) in [6.07, 6.45) is 1.15. The highest BCUT2D eigenvalue weighted by Crippen LogP contribution is 2.32. The zero-order valence-electron chi connectivity index (χ0n) is 15.5. The molecule has 0 spiro atoms. The summed E-state index contributed by atoms with van der Waals surface area (Å²) in [6, 6.07) is 7.11. The quantitative estimate of drug-likeness (QED) is 0.368. The molecule has 3 aromatic rings. The van der Waals surface area contributed by atoms with Crippen molar-refractivity contribution in [2.24, 2.45) is 0 Å². The number of nitrogens with zero attached hydrogens (tertiary/aromatic N) is 3. The molecule has 1 aliphatic rings. The lowest BCUT2D eigenvalue weighted by Crippen LogP contribution is -2.37. The summed E-state index contributed by atoms with van der Waals surface area (Å²) in [5.41, 5.74) is 1.99. The number of anilines is 1. The number of thiazole rings is 1. The second kappa shape index (κ2) is 7.72. The van der Waals surface area contributed by atoms with Crippen LogP contribution in [0.3, 0.4) is 0 Å². The topological polar surface area (TPSA) is 102 Å². The van der Waals surface area contributed by atoms with Crippen LogP contribution in [0.4, 0.5) is 5.13 Å². The van der Waals surface area contributed by atoms with Crippen LogP contribution in [-0.2, 0) is 22.5 Å². The Hall–Kier alpha value is -3.11. The molecule has 1 aliphatic heterocycles. The Bertz CT molecular complexity index is 1180. The minimum atomic E-state index is -0.902. The van der Waals surface area contributed by atoms with Gasteiger partial charge >= 0.3 is 5.97 Å². The van der Waals surface area contributed by atoms with Gasteiger partial charge in [-0.25, -0.2) is 9.78 Å². The molecule has 2 aromatic heterocycles. The SMILES string of the molecule is C=CCn1c(-c2sc(NC(=O)[C@@H]3Cc4ccccc4C(=O)O3)nc2C)n[nH]c1=S.